The SMILES string of the molecule is CC(C)C(C)NC(=O)c1cnccc1N. The van der Waals surface area contributed by atoms with Gasteiger partial charge >= 0.3 is 0 Å². The van der Waals surface area contributed by atoms with Gasteiger partial charge < -0.3 is 11.1 Å². The van der Waals surface area contributed by atoms with Gasteiger partial charge in [-0.25, -0.2) is 0 Å². The quantitative estimate of drug-likeness (QED) is 0.788. The highest BCUT2D eigenvalue weighted by Gasteiger charge is 2.14. The van der Waals surface area contributed by atoms with Gasteiger partial charge in [0.15, 0.2) is 0 Å². The maximum atomic E-state index is 11.7. The lowest BCUT2D eigenvalue weighted by Crippen LogP contribution is -2.36. The van der Waals surface area contributed by atoms with Crippen LogP contribution in [0.15, 0.2) is 18.5 Å². The second-order valence-electron chi connectivity index (χ2n) is 3.97. The summed E-state index contributed by atoms with van der Waals surface area (Å²) in [5.74, 6) is 0.230. The molecule has 1 aromatic heterocycles. The van der Waals surface area contributed by atoms with Gasteiger partial charge in [-0.2, -0.15) is 0 Å². The van der Waals surface area contributed by atoms with Crippen LogP contribution in [0, 0.1) is 5.92 Å². The number of nitrogen functional groups attached to an aromatic ring is 1. The van der Waals surface area contributed by atoms with Crippen LogP contribution in [0.5, 0.6) is 0 Å². The number of pyridine rings is 1. The number of carbonyl (C=O) groups excluding carboxylic acids is 1. The van der Waals surface area contributed by atoms with Gasteiger partial charge in [0.1, 0.15) is 0 Å². The molecule has 0 spiro atoms. The Bertz CT molecular complexity index is 349. The molecule has 0 aromatic carbocycles. The Morgan fingerprint density at radius 3 is 2.67 bits per heavy atom. The van der Waals surface area contributed by atoms with Crippen molar-refractivity contribution in [2.75, 3.05) is 5.73 Å². The zero-order valence-electron chi connectivity index (χ0n) is 9.32. The molecule has 0 saturated carbocycles. The number of aromatic nitrogens is 1. The summed E-state index contributed by atoms with van der Waals surface area (Å²) in [5, 5.41) is 2.88. The van der Waals surface area contributed by atoms with Crippen LogP contribution in [-0.4, -0.2) is 16.9 Å². The highest BCUT2D eigenvalue weighted by molar-refractivity contribution is 5.98. The summed E-state index contributed by atoms with van der Waals surface area (Å²) in [6, 6.07) is 1.74. The Kier molecular flexibility index (Phi) is 3.66. The molecular weight excluding hydrogens is 190 g/mol. The fourth-order valence-electron chi connectivity index (χ4n) is 1.05. The molecule has 0 radical (unpaired) electrons. The van der Waals surface area contributed by atoms with Gasteiger partial charge in [0.25, 0.3) is 5.91 Å². The minimum atomic E-state index is -0.165. The molecule has 1 unspecified atom stereocenters. The normalized spacial score (nSPS) is 12.5. The summed E-state index contributed by atoms with van der Waals surface area (Å²) in [6.07, 6.45) is 3.05. The maximum absolute atomic E-state index is 11.7. The van der Waals surface area contributed by atoms with Crippen molar-refractivity contribution in [2.24, 2.45) is 5.92 Å². The van der Waals surface area contributed by atoms with Gasteiger partial charge in [0, 0.05) is 24.1 Å². The number of carbonyl (C=O) groups is 1. The van der Waals surface area contributed by atoms with Crippen molar-refractivity contribution in [2.45, 2.75) is 26.8 Å². The first-order valence-electron chi connectivity index (χ1n) is 5.02. The number of nitrogens with zero attached hydrogens (tertiary/aromatic N) is 1. The van der Waals surface area contributed by atoms with Crippen LogP contribution >= 0.6 is 0 Å². The molecule has 1 atom stereocenters. The van der Waals surface area contributed by atoms with Gasteiger partial charge in [0.05, 0.1) is 5.56 Å². The van der Waals surface area contributed by atoms with Gasteiger partial charge in [-0.05, 0) is 18.9 Å². The van der Waals surface area contributed by atoms with E-state index < -0.39 is 0 Å². The zero-order chi connectivity index (χ0) is 11.4. The molecule has 82 valence electrons. The summed E-state index contributed by atoms with van der Waals surface area (Å²) in [5.41, 5.74) is 6.56. The number of rotatable bonds is 3. The maximum Gasteiger partial charge on any atom is 0.255 e. The van der Waals surface area contributed by atoms with Crippen molar-refractivity contribution in [3.8, 4) is 0 Å². The minimum Gasteiger partial charge on any atom is -0.398 e. The van der Waals surface area contributed by atoms with Crippen LogP contribution in [0.2, 0.25) is 0 Å². The molecule has 0 aliphatic carbocycles. The van der Waals surface area contributed by atoms with Crippen LogP contribution in [-0.2, 0) is 0 Å². The first-order chi connectivity index (χ1) is 7.02. The third kappa shape index (κ3) is 2.94. The van der Waals surface area contributed by atoms with E-state index in [1.165, 1.54) is 6.20 Å². The van der Waals surface area contributed by atoms with E-state index in [0.29, 0.717) is 17.2 Å². The molecule has 4 nitrogen and oxygen atoms in total. The third-order valence-corrected chi connectivity index (χ3v) is 2.46. The first kappa shape index (κ1) is 11.5. The van der Waals surface area contributed by atoms with E-state index in [9.17, 15) is 4.79 Å². The standard InChI is InChI=1S/C11H17N3O/c1-7(2)8(3)14-11(15)9-6-13-5-4-10(9)12/h4-8H,1-3H3,(H2,12,13)(H,14,15). The van der Waals surface area contributed by atoms with E-state index in [4.69, 9.17) is 5.73 Å². The molecule has 0 saturated heterocycles. The smallest absolute Gasteiger partial charge is 0.255 e. The first-order valence-corrected chi connectivity index (χ1v) is 5.02. The predicted octanol–water partition coefficient (Wildman–Crippen LogP) is 1.44. The second kappa shape index (κ2) is 4.77. The average Bonchev–Trinajstić information content (AvgIpc) is 2.18. The fourth-order valence-corrected chi connectivity index (χ4v) is 1.05. The fraction of sp³-hybridized carbons (Fsp3) is 0.455. The minimum absolute atomic E-state index is 0.122. The summed E-state index contributed by atoms with van der Waals surface area (Å²) in [6.45, 7) is 6.07. The lowest BCUT2D eigenvalue weighted by atomic mass is 10.1. The predicted molar refractivity (Wildman–Crippen MR) is 60.4 cm³/mol. The number of nitrogens with two attached hydrogens (primary N) is 1. The van der Waals surface area contributed by atoms with E-state index in [0.717, 1.165) is 0 Å². The Hall–Kier alpha value is -1.58. The molecule has 4 heteroatoms. The van der Waals surface area contributed by atoms with Crippen LogP contribution in [0.3, 0.4) is 0 Å². The molecule has 0 aliphatic heterocycles. The van der Waals surface area contributed by atoms with Gasteiger partial charge in [-0.1, -0.05) is 13.8 Å². The third-order valence-electron chi connectivity index (χ3n) is 2.46. The van der Waals surface area contributed by atoms with Crippen molar-refractivity contribution >= 4 is 11.6 Å². The molecule has 1 amide bonds. The molecule has 1 rings (SSSR count). The van der Waals surface area contributed by atoms with E-state index in [-0.39, 0.29) is 11.9 Å². The van der Waals surface area contributed by atoms with Crippen LogP contribution in [0.4, 0.5) is 5.69 Å². The van der Waals surface area contributed by atoms with E-state index >= 15 is 0 Å². The summed E-state index contributed by atoms with van der Waals surface area (Å²) in [7, 11) is 0. The van der Waals surface area contributed by atoms with Gasteiger partial charge in [-0.15, -0.1) is 0 Å². The van der Waals surface area contributed by atoms with Crippen molar-refractivity contribution in [1.82, 2.24) is 10.3 Å². The van der Waals surface area contributed by atoms with E-state index in [1.54, 1.807) is 12.3 Å². The largest absolute Gasteiger partial charge is 0.398 e. The molecule has 1 heterocycles. The molecule has 15 heavy (non-hydrogen) atoms. The van der Waals surface area contributed by atoms with Crippen LogP contribution in [0.25, 0.3) is 0 Å². The topological polar surface area (TPSA) is 68.0 Å². The van der Waals surface area contributed by atoms with Crippen molar-refractivity contribution < 1.29 is 4.79 Å². The zero-order valence-corrected chi connectivity index (χ0v) is 9.32. The number of hydrogen-bond acceptors (Lipinski definition) is 3. The highest BCUT2D eigenvalue weighted by Crippen LogP contribution is 2.09. The Labute approximate surface area is 89.9 Å². The Morgan fingerprint density at radius 1 is 1.47 bits per heavy atom. The average molecular weight is 207 g/mol. The van der Waals surface area contributed by atoms with Crippen molar-refractivity contribution in [3.63, 3.8) is 0 Å². The summed E-state index contributed by atoms with van der Waals surface area (Å²) < 4.78 is 0. The lowest BCUT2D eigenvalue weighted by Gasteiger charge is -2.17. The van der Waals surface area contributed by atoms with Gasteiger partial charge in [-0.3, -0.25) is 9.78 Å². The summed E-state index contributed by atoms with van der Waals surface area (Å²) in [4.78, 5) is 15.6. The van der Waals surface area contributed by atoms with Gasteiger partial charge in [0.2, 0.25) is 0 Å². The molecule has 0 aliphatic rings. The highest BCUT2D eigenvalue weighted by atomic mass is 16.1. The number of anilines is 1. The van der Waals surface area contributed by atoms with Crippen LogP contribution in [0.1, 0.15) is 31.1 Å². The second-order valence-corrected chi connectivity index (χ2v) is 3.97. The molecule has 1 aromatic rings. The molecule has 0 bridgehead atoms. The molecular formula is C11H17N3O. The Balaban J connectivity index is 2.74. The lowest BCUT2D eigenvalue weighted by molar-refractivity contribution is 0.0931. The van der Waals surface area contributed by atoms with Crippen molar-refractivity contribution in [1.29, 1.82) is 0 Å². The number of nitrogens with one attached hydrogen (secondary N) is 1. The van der Waals surface area contributed by atoms with Crippen molar-refractivity contribution in [3.05, 3.63) is 24.0 Å². The number of amides is 1. The van der Waals surface area contributed by atoms with Crippen LogP contribution < -0.4 is 11.1 Å². The van der Waals surface area contributed by atoms with E-state index in [2.05, 4.69) is 24.1 Å². The summed E-state index contributed by atoms with van der Waals surface area (Å²) >= 11 is 0. The molecule has 3 N–H and O–H groups in total. The number of hydrogen-bond donors (Lipinski definition) is 2. The Morgan fingerprint density at radius 2 is 2.13 bits per heavy atom. The van der Waals surface area contributed by atoms with E-state index in [1.807, 2.05) is 6.92 Å². The molecule has 0 fully saturated rings. The monoisotopic (exact) mass is 207 g/mol.